The molecule has 154 valence electrons. The van der Waals surface area contributed by atoms with E-state index >= 15 is 0 Å². The topological polar surface area (TPSA) is 78.5 Å². The quantitative estimate of drug-likeness (QED) is 0.361. The van der Waals surface area contributed by atoms with Crippen LogP contribution in [0.2, 0.25) is 0 Å². The molecule has 8 nitrogen and oxygen atoms in total. The van der Waals surface area contributed by atoms with Gasteiger partial charge in [-0.25, -0.2) is 0 Å². The number of nitrogens with one attached hydrogen (secondary N) is 1. The standard InChI is InChI=1S/C18H33BN2O6/c1-23-12-14-16(24-2)17(18(19)27-14)26-13-15(22)20-6-10-25-11-9-21-7-4-3-5-8-21/h14,16-18H,3-13H2,1-2H3,(H,20,22)/t14-,16?,17+,18-/m1/s1. The second-order valence-electron chi connectivity index (χ2n) is 6.94. The van der Waals surface area contributed by atoms with Crippen molar-refractivity contribution in [3.8, 4) is 0 Å². The van der Waals surface area contributed by atoms with Gasteiger partial charge in [0, 0.05) is 33.3 Å². The minimum Gasteiger partial charge on any atom is -0.382 e. The predicted octanol–water partition coefficient (Wildman–Crippen LogP) is -0.455. The van der Waals surface area contributed by atoms with E-state index in [-0.39, 0.29) is 24.7 Å². The number of hydrogen-bond acceptors (Lipinski definition) is 7. The molecule has 2 fully saturated rings. The molecule has 0 saturated carbocycles. The van der Waals surface area contributed by atoms with Gasteiger partial charge in [-0.3, -0.25) is 4.79 Å². The average Bonchev–Trinajstić information content (AvgIpc) is 2.98. The van der Waals surface area contributed by atoms with Gasteiger partial charge in [-0.15, -0.1) is 0 Å². The Hall–Kier alpha value is -0.705. The number of ether oxygens (including phenoxy) is 5. The van der Waals surface area contributed by atoms with Crippen LogP contribution in [0.15, 0.2) is 0 Å². The van der Waals surface area contributed by atoms with Gasteiger partial charge in [0.2, 0.25) is 5.91 Å². The van der Waals surface area contributed by atoms with Crippen LogP contribution < -0.4 is 5.32 Å². The zero-order valence-electron chi connectivity index (χ0n) is 16.6. The van der Waals surface area contributed by atoms with E-state index in [0.717, 1.165) is 19.6 Å². The zero-order valence-corrected chi connectivity index (χ0v) is 16.6. The smallest absolute Gasteiger partial charge is 0.246 e. The van der Waals surface area contributed by atoms with E-state index < -0.39 is 12.1 Å². The third kappa shape index (κ3) is 7.67. The molecule has 2 saturated heterocycles. The monoisotopic (exact) mass is 384 g/mol. The predicted molar refractivity (Wildman–Crippen MR) is 101 cm³/mol. The van der Waals surface area contributed by atoms with Crippen LogP contribution in [0.1, 0.15) is 19.3 Å². The molecular formula is C18H33BN2O6. The lowest BCUT2D eigenvalue weighted by molar-refractivity contribution is -0.130. The van der Waals surface area contributed by atoms with E-state index in [4.69, 9.17) is 31.5 Å². The number of hydrogen-bond donors (Lipinski definition) is 1. The summed E-state index contributed by atoms with van der Waals surface area (Å²) in [5.41, 5.74) is 0. The Bertz CT molecular complexity index is 425. The summed E-state index contributed by atoms with van der Waals surface area (Å²) < 4.78 is 27.3. The molecule has 2 rings (SSSR count). The van der Waals surface area contributed by atoms with Crippen LogP contribution in [0.5, 0.6) is 0 Å². The van der Waals surface area contributed by atoms with Gasteiger partial charge in [-0.1, -0.05) is 6.42 Å². The van der Waals surface area contributed by atoms with Crippen molar-refractivity contribution in [2.45, 2.75) is 43.6 Å². The lowest BCUT2D eigenvalue weighted by Crippen LogP contribution is -2.41. The molecule has 27 heavy (non-hydrogen) atoms. The Morgan fingerprint density at radius 3 is 2.67 bits per heavy atom. The van der Waals surface area contributed by atoms with Crippen molar-refractivity contribution >= 4 is 13.8 Å². The Morgan fingerprint density at radius 2 is 1.96 bits per heavy atom. The van der Waals surface area contributed by atoms with Gasteiger partial charge in [0.25, 0.3) is 0 Å². The number of methoxy groups -OCH3 is 2. The van der Waals surface area contributed by atoms with E-state index in [1.807, 2.05) is 0 Å². The van der Waals surface area contributed by atoms with Gasteiger partial charge in [-0.05, 0) is 25.9 Å². The Kier molecular flexibility index (Phi) is 10.6. The summed E-state index contributed by atoms with van der Waals surface area (Å²) in [4.78, 5) is 14.4. The van der Waals surface area contributed by atoms with Crippen LogP contribution in [-0.2, 0) is 28.5 Å². The van der Waals surface area contributed by atoms with Crippen molar-refractivity contribution in [3.05, 3.63) is 0 Å². The number of nitrogens with zero attached hydrogens (tertiary/aromatic N) is 1. The van der Waals surface area contributed by atoms with Gasteiger partial charge < -0.3 is 33.9 Å². The van der Waals surface area contributed by atoms with Gasteiger partial charge in [0.1, 0.15) is 32.8 Å². The normalized spacial score (nSPS) is 29.1. The van der Waals surface area contributed by atoms with Gasteiger partial charge >= 0.3 is 0 Å². The summed E-state index contributed by atoms with van der Waals surface area (Å²) in [5, 5.41) is 2.78. The first-order chi connectivity index (χ1) is 13.2. The molecule has 2 radical (unpaired) electrons. The summed E-state index contributed by atoms with van der Waals surface area (Å²) in [6.45, 7) is 5.17. The highest BCUT2D eigenvalue weighted by Crippen LogP contribution is 2.24. The van der Waals surface area contributed by atoms with Gasteiger partial charge in [0.15, 0.2) is 0 Å². The van der Waals surface area contributed by atoms with Crippen LogP contribution in [0.3, 0.4) is 0 Å². The molecule has 0 aromatic heterocycles. The van der Waals surface area contributed by atoms with E-state index in [1.54, 1.807) is 14.2 Å². The molecule has 1 N–H and O–H groups in total. The molecule has 0 aromatic carbocycles. The van der Waals surface area contributed by atoms with E-state index in [0.29, 0.717) is 26.4 Å². The fourth-order valence-corrected chi connectivity index (χ4v) is 3.49. The van der Waals surface area contributed by atoms with Crippen LogP contribution >= 0.6 is 0 Å². The SMILES string of the molecule is [B][C@@H]1O[C@H](COC)C(OC)[C@@H]1OCC(=O)NCCOCCN1CCCCC1. The average molecular weight is 384 g/mol. The number of likely N-dealkylation sites (tertiary alicyclic amines) is 1. The van der Waals surface area contributed by atoms with Gasteiger partial charge in [-0.2, -0.15) is 0 Å². The Balaban J connectivity index is 1.53. The van der Waals surface area contributed by atoms with Crippen LogP contribution in [-0.4, -0.2) is 110 Å². The lowest BCUT2D eigenvalue weighted by atomic mass is 9.93. The summed E-state index contributed by atoms with van der Waals surface area (Å²) >= 11 is 0. The van der Waals surface area contributed by atoms with Crippen molar-refractivity contribution in [2.75, 3.05) is 66.8 Å². The lowest BCUT2D eigenvalue weighted by Gasteiger charge is -2.26. The fraction of sp³-hybridized carbons (Fsp3) is 0.944. The minimum absolute atomic E-state index is 0.102. The maximum absolute atomic E-state index is 11.9. The molecule has 1 amide bonds. The third-order valence-corrected chi connectivity index (χ3v) is 4.93. The first-order valence-electron chi connectivity index (χ1n) is 9.77. The van der Waals surface area contributed by atoms with E-state index in [9.17, 15) is 4.79 Å². The van der Waals surface area contributed by atoms with Crippen LogP contribution in [0.4, 0.5) is 0 Å². The molecule has 4 atom stereocenters. The summed E-state index contributed by atoms with van der Waals surface area (Å²) in [5.74, 6) is -0.216. The second kappa shape index (κ2) is 12.7. The highest BCUT2D eigenvalue weighted by molar-refractivity contribution is 6.11. The van der Waals surface area contributed by atoms with E-state index in [1.165, 1.54) is 19.3 Å². The molecule has 2 aliphatic rings. The molecule has 0 spiro atoms. The van der Waals surface area contributed by atoms with Crippen molar-refractivity contribution in [3.63, 3.8) is 0 Å². The molecule has 2 heterocycles. The number of piperidine rings is 1. The Morgan fingerprint density at radius 1 is 1.19 bits per heavy atom. The molecular weight excluding hydrogens is 351 g/mol. The van der Waals surface area contributed by atoms with Gasteiger partial charge in [0.05, 0.1) is 19.8 Å². The minimum atomic E-state index is -0.652. The molecule has 0 aliphatic carbocycles. The number of carbonyl (C=O) groups is 1. The maximum Gasteiger partial charge on any atom is 0.246 e. The number of amides is 1. The molecule has 0 bridgehead atoms. The molecule has 2 aliphatic heterocycles. The molecule has 1 unspecified atom stereocenters. The highest BCUT2D eigenvalue weighted by Gasteiger charge is 2.43. The highest BCUT2D eigenvalue weighted by atomic mass is 16.6. The third-order valence-electron chi connectivity index (χ3n) is 4.93. The van der Waals surface area contributed by atoms with Crippen molar-refractivity contribution in [1.29, 1.82) is 0 Å². The second-order valence-corrected chi connectivity index (χ2v) is 6.94. The summed E-state index contributed by atoms with van der Waals surface area (Å²) in [7, 11) is 9.07. The van der Waals surface area contributed by atoms with Crippen molar-refractivity contribution in [1.82, 2.24) is 10.2 Å². The van der Waals surface area contributed by atoms with E-state index in [2.05, 4.69) is 10.2 Å². The summed E-state index contributed by atoms with van der Waals surface area (Å²) in [6.07, 6.45) is 2.70. The molecule has 9 heteroatoms. The van der Waals surface area contributed by atoms with Crippen molar-refractivity contribution in [2.24, 2.45) is 0 Å². The van der Waals surface area contributed by atoms with Crippen LogP contribution in [0.25, 0.3) is 0 Å². The zero-order chi connectivity index (χ0) is 19.5. The summed E-state index contributed by atoms with van der Waals surface area (Å²) in [6, 6.07) is -0.652. The van der Waals surface area contributed by atoms with Crippen LogP contribution in [0, 0.1) is 0 Å². The number of rotatable bonds is 12. The largest absolute Gasteiger partial charge is 0.382 e. The first-order valence-corrected chi connectivity index (χ1v) is 9.77. The first kappa shape index (κ1) is 22.6. The van der Waals surface area contributed by atoms with Crippen molar-refractivity contribution < 1.29 is 28.5 Å². The fourth-order valence-electron chi connectivity index (χ4n) is 3.49. The number of carbonyl (C=O) groups excluding carboxylic acids is 1. The Labute approximate surface area is 163 Å². The molecule has 0 aromatic rings. The maximum atomic E-state index is 11.9.